The molecule has 28 heavy (non-hydrogen) atoms. The van der Waals surface area contributed by atoms with E-state index in [1.54, 1.807) is 13.3 Å². The molecule has 0 aliphatic carbocycles. The Morgan fingerprint density at radius 1 is 1.11 bits per heavy atom. The van der Waals surface area contributed by atoms with Crippen LogP contribution in [0.15, 0.2) is 58.4 Å². The van der Waals surface area contributed by atoms with Gasteiger partial charge in [-0.3, -0.25) is 9.98 Å². The number of pyridine rings is 1. The maximum Gasteiger partial charge on any atom is 0.226 e. The number of aliphatic imine (C=N–C) groups is 1. The zero-order chi connectivity index (χ0) is 19.1. The number of oxazole rings is 1. The van der Waals surface area contributed by atoms with Crippen molar-refractivity contribution in [2.24, 2.45) is 4.99 Å². The predicted octanol–water partition coefficient (Wildman–Crippen LogP) is 3.88. The summed E-state index contributed by atoms with van der Waals surface area (Å²) in [4.78, 5) is 12.9. The molecule has 0 saturated heterocycles. The number of rotatable bonds is 6. The number of guanidine groups is 1. The Morgan fingerprint density at radius 3 is 2.61 bits per heavy atom. The standard InChI is InChI=1S/C21H25N5O.HI/c1-15-4-6-18(7-5-15)20-26-19(14-27-20)13-25-21(22-3)24-11-9-17-8-10-23-12-16(17)2;/h4-8,10,12,14H,9,11,13H2,1-3H3,(H2,22,24,25);1H. The first kappa shape index (κ1) is 21.9. The molecule has 148 valence electrons. The number of halogens is 1. The van der Waals surface area contributed by atoms with E-state index in [0.717, 1.165) is 30.2 Å². The van der Waals surface area contributed by atoms with E-state index >= 15 is 0 Å². The van der Waals surface area contributed by atoms with Crippen LogP contribution < -0.4 is 10.6 Å². The van der Waals surface area contributed by atoms with Gasteiger partial charge in [0.1, 0.15) is 6.26 Å². The minimum atomic E-state index is 0. The maximum atomic E-state index is 5.59. The number of aryl methyl sites for hydroxylation is 2. The summed E-state index contributed by atoms with van der Waals surface area (Å²) < 4.78 is 5.59. The SMILES string of the molecule is CN=C(NCCc1ccncc1C)NCc1coc(-c2ccc(C)cc2)n1.I. The van der Waals surface area contributed by atoms with Gasteiger partial charge in [-0.15, -0.1) is 24.0 Å². The van der Waals surface area contributed by atoms with E-state index in [9.17, 15) is 0 Å². The number of hydrogen-bond donors (Lipinski definition) is 2. The molecule has 3 rings (SSSR count). The van der Waals surface area contributed by atoms with Crippen LogP contribution in [0.2, 0.25) is 0 Å². The molecule has 0 spiro atoms. The lowest BCUT2D eigenvalue weighted by Gasteiger charge is -2.11. The average molecular weight is 491 g/mol. The molecule has 6 nitrogen and oxygen atoms in total. The van der Waals surface area contributed by atoms with Crippen molar-refractivity contribution in [1.29, 1.82) is 0 Å². The van der Waals surface area contributed by atoms with E-state index in [0.29, 0.717) is 12.4 Å². The molecule has 0 fully saturated rings. The number of hydrogen-bond acceptors (Lipinski definition) is 4. The van der Waals surface area contributed by atoms with Gasteiger partial charge < -0.3 is 15.1 Å². The minimum absolute atomic E-state index is 0. The van der Waals surface area contributed by atoms with Crippen molar-refractivity contribution >= 4 is 29.9 Å². The fourth-order valence-electron chi connectivity index (χ4n) is 2.71. The molecule has 0 radical (unpaired) electrons. The smallest absolute Gasteiger partial charge is 0.226 e. The second kappa shape index (κ2) is 10.8. The molecule has 0 saturated carbocycles. The van der Waals surface area contributed by atoms with Gasteiger partial charge in [0.2, 0.25) is 5.89 Å². The molecule has 0 amide bonds. The van der Waals surface area contributed by atoms with Gasteiger partial charge in [-0.2, -0.15) is 0 Å². The van der Waals surface area contributed by atoms with Crippen LogP contribution in [-0.4, -0.2) is 29.5 Å². The van der Waals surface area contributed by atoms with Crippen LogP contribution in [0.3, 0.4) is 0 Å². The second-order valence-corrected chi connectivity index (χ2v) is 6.41. The highest BCUT2D eigenvalue weighted by atomic mass is 127. The zero-order valence-electron chi connectivity index (χ0n) is 16.4. The molecular formula is C21H26IN5O. The Labute approximate surface area is 182 Å². The topological polar surface area (TPSA) is 75.3 Å². The molecule has 3 aromatic rings. The minimum Gasteiger partial charge on any atom is -0.444 e. The Hall–Kier alpha value is -2.42. The first-order valence-corrected chi connectivity index (χ1v) is 9.01. The molecule has 0 atom stereocenters. The van der Waals surface area contributed by atoms with Crippen LogP contribution in [0.1, 0.15) is 22.4 Å². The summed E-state index contributed by atoms with van der Waals surface area (Å²) in [5, 5.41) is 6.58. The molecule has 2 aromatic heterocycles. The third-order valence-electron chi connectivity index (χ3n) is 4.33. The van der Waals surface area contributed by atoms with Gasteiger partial charge in [-0.1, -0.05) is 17.7 Å². The first-order chi connectivity index (χ1) is 13.2. The molecule has 0 bridgehead atoms. The van der Waals surface area contributed by atoms with E-state index in [1.165, 1.54) is 16.7 Å². The molecular weight excluding hydrogens is 465 g/mol. The summed E-state index contributed by atoms with van der Waals surface area (Å²) in [5.74, 6) is 1.37. The zero-order valence-corrected chi connectivity index (χ0v) is 18.7. The summed E-state index contributed by atoms with van der Waals surface area (Å²) in [6.07, 6.45) is 6.30. The van der Waals surface area contributed by atoms with Crippen LogP contribution >= 0.6 is 24.0 Å². The summed E-state index contributed by atoms with van der Waals surface area (Å²) in [6, 6.07) is 10.2. The third-order valence-corrected chi connectivity index (χ3v) is 4.33. The fraction of sp³-hybridized carbons (Fsp3) is 0.286. The Kier molecular flexibility index (Phi) is 8.43. The lowest BCUT2D eigenvalue weighted by molar-refractivity contribution is 0.572. The second-order valence-electron chi connectivity index (χ2n) is 6.41. The van der Waals surface area contributed by atoms with E-state index < -0.39 is 0 Å². The summed E-state index contributed by atoms with van der Waals surface area (Å²) in [6.45, 7) is 5.47. The molecule has 1 aromatic carbocycles. The third kappa shape index (κ3) is 6.05. The summed E-state index contributed by atoms with van der Waals surface area (Å²) in [5.41, 5.74) is 5.50. The summed E-state index contributed by atoms with van der Waals surface area (Å²) in [7, 11) is 1.76. The van der Waals surface area contributed by atoms with Gasteiger partial charge in [0, 0.05) is 31.5 Å². The van der Waals surface area contributed by atoms with Crippen molar-refractivity contribution in [3.63, 3.8) is 0 Å². The molecule has 0 aliphatic heterocycles. The van der Waals surface area contributed by atoms with Gasteiger partial charge in [0.25, 0.3) is 0 Å². The van der Waals surface area contributed by atoms with Gasteiger partial charge in [-0.25, -0.2) is 4.98 Å². The lowest BCUT2D eigenvalue weighted by atomic mass is 10.1. The monoisotopic (exact) mass is 491 g/mol. The highest BCUT2D eigenvalue weighted by Gasteiger charge is 2.07. The number of nitrogens with zero attached hydrogens (tertiary/aromatic N) is 3. The highest BCUT2D eigenvalue weighted by molar-refractivity contribution is 14.0. The van der Waals surface area contributed by atoms with Crippen molar-refractivity contribution in [2.75, 3.05) is 13.6 Å². The highest BCUT2D eigenvalue weighted by Crippen LogP contribution is 2.18. The largest absolute Gasteiger partial charge is 0.444 e. The lowest BCUT2D eigenvalue weighted by Crippen LogP contribution is -2.38. The van der Waals surface area contributed by atoms with Crippen molar-refractivity contribution in [3.8, 4) is 11.5 Å². The number of nitrogens with one attached hydrogen (secondary N) is 2. The van der Waals surface area contributed by atoms with Gasteiger partial charge in [0.15, 0.2) is 5.96 Å². The molecule has 2 heterocycles. The van der Waals surface area contributed by atoms with Crippen molar-refractivity contribution in [3.05, 3.63) is 71.4 Å². The van der Waals surface area contributed by atoms with Crippen LogP contribution in [0.4, 0.5) is 0 Å². The predicted molar refractivity (Wildman–Crippen MR) is 123 cm³/mol. The first-order valence-electron chi connectivity index (χ1n) is 9.01. The molecule has 7 heteroatoms. The van der Waals surface area contributed by atoms with Crippen LogP contribution in [0.25, 0.3) is 11.5 Å². The Balaban J connectivity index is 0.00000280. The molecule has 0 unspecified atom stereocenters. The van der Waals surface area contributed by atoms with Gasteiger partial charge in [-0.05, 0) is 49.6 Å². The van der Waals surface area contributed by atoms with Crippen LogP contribution in [0, 0.1) is 13.8 Å². The van der Waals surface area contributed by atoms with Gasteiger partial charge >= 0.3 is 0 Å². The number of benzene rings is 1. The van der Waals surface area contributed by atoms with Gasteiger partial charge in [0.05, 0.1) is 12.2 Å². The van der Waals surface area contributed by atoms with E-state index in [2.05, 4.69) is 45.5 Å². The quantitative estimate of drug-likeness (QED) is 0.311. The van der Waals surface area contributed by atoms with Crippen molar-refractivity contribution in [2.45, 2.75) is 26.8 Å². The normalized spacial score (nSPS) is 11.0. The van der Waals surface area contributed by atoms with Crippen LogP contribution in [0.5, 0.6) is 0 Å². The Bertz CT molecular complexity index is 905. The van der Waals surface area contributed by atoms with E-state index in [-0.39, 0.29) is 24.0 Å². The summed E-state index contributed by atoms with van der Waals surface area (Å²) >= 11 is 0. The van der Waals surface area contributed by atoms with E-state index in [1.807, 2.05) is 36.7 Å². The maximum absolute atomic E-state index is 5.59. The van der Waals surface area contributed by atoms with Crippen molar-refractivity contribution in [1.82, 2.24) is 20.6 Å². The molecule has 0 aliphatic rings. The van der Waals surface area contributed by atoms with E-state index in [4.69, 9.17) is 4.42 Å². The number of aromatic nitrogens is 2. The molecule has 2 N–H and O–H groups in total. The van der Waals surface area contributed by atoms with Crippen molar-refractivity contribution < 1.29 is 4.42 Å². The Morgan fingerprint density at radius 2 is 1.89 bits per heavy atom. The van der Waals surface area contributed by atoms with Crippen LogP contribution in [-0.2, 0) is 13.0 Å². The average Bonchev–Trinajstić information content (AvgIpc) is 3.15. The fourth-order valence-corrected chi connectivity index (χ4v) is 2.71.